The number of likely N-dealkylation sites (tertiary alicyclic amines) is 1. The van der Waals surface area contributed by atoms with Crippen molar-refractivity contribution >= 4 is 39.2 Å². The number of nitrogens with zero attached hydrogens (tertiary/aromatic N) is 5. The van der Waals surface area contributed by atoms with Gasteiger partial charge in [-0.1, -0.05) is 6.07 Å². The van der Waals surface area contributed by atoms with E-state index in [0.29, 0.717) is 17.4 Å². The fourth-order valence-corrected chi connectivity index (χ4v) is 4.35. The second-order valence-electron chi connectivity index (χ2n) is 8.97. The Hall–Kier alpha value is -4.08. The van der Waals surface area contributed by atoms with Crippen molar-refractivity contribution in [1.29, 1.82) is 0 Å². The van der Waals surface area contributed by atoms with Crippen LogP contribution in [0, 0.1) is 0 Å². The van der Waals surface area contributed by atoms with Gasteiger partial charge in [-0.05, 0) is 30.3 Å². The van der Waals surface area contributed by atoms with Crippen molar-refractivity contribution in [1.82, 2.24) is 19.9 Å². The van der Waals surface area contributed by atoms with Gasteiger partial charge in [0.25, 0.3) is 5.91 Å². The third-order valence-corrected chi connectivity index (χ3v) is 7.23. The smallest absolute Gasteiger partial charge is 0.365 e. The summed E-state index contributed by atoms with van der Waals surface area (Å²) in [6, 6.07) is 8.71. The first kappa shape index (κ1) is 28.9. The number of amides is 1. The van der Waals surface area contributed by atoms with E-state index in [-0.39, 0.29) is 37.0 Å². The Balaban J connectivity index is 1.53. The molecule has 0 bridgehead atoms. The van der Waals surface area contributed by atoms with Gasteiger partial charge in [0.15, 0.2) is 12.3 Å². The number of carbonyl (C=O) groups excluding carboxylic acids is 1. The van der Waals surface area contributed by atoms with Gasteiger partial charge in [-0.25, -0.2) is 27.2 Å². The number of hydrogen-bond donors (Lipinski definition) is 2. The molecule has 1 amide bonds. The van der Waals surface area contributed by atoms with E-state index in [0.717, 1.165) is 15.5 Å². The zero-order valence-corrected chi connectivity index (χ0v) is 22.0. The first-order valence-corrected chi connectivity index (χ1v) is 13.6. The van der Waals surface area contributed by atoms with Crippen molar-refractivity contribution in [2.75, 3.05) is 41.3 Å². The molecule has 1 aliphatic rings. The Morgan fingerprint density at radius 1 is 1.10 bits per heavy atom. The maximum atomic E-state index is 13.7. The number of carbonyl (C=O) groups is 1. The number of nitrogens with one attached hydrogen (secondary N) is 2. The zero-order valence-electron chi connectivity index (χ0n) is 21.2. The quantitative estimate of drug-likeness (QED) is 0.384. The van der Waals surface area contributed by atoms with Gasteiger partial charge >= 0.3 is 6.18 Å². The van der Waals surface area contributed by atoms with Crippen LogP contribution in [0.2, 0.25) is 0 Å². The third kappa shape index (κ3) is 6.55. The summed E-state index contributed by atoms with van der Waals surface area (Å²) in [6.07, 6.45) is -5.36. The van der Waals surface area contributed by atoms with Crippen LogP contribution >= 0.6 is 0 Å². The number of anilines is 4. The number of rotatable bonds is 8. The molecular weight excluding hydrogens is 561 g/mol. The molecule has 3 aromatic rings. The summed E-state index contributed by atoms with van der Waals surface area (Å²) in [6.45, 7) is -0.935. The van der Waals surface area contributed by atoms with Crippen LogP contribution in [0.3, 0.4) is 0 Å². The van der Waals surface area contributed by atoms with Gasteiger partial charge in [0.2, 0.25) is 16.0 Å². The Labute approximate surface area is 226 Å². The minimum Gasteiger partial charge on any atom is -0.365 e. The predicted octanol–water partition coefficient (Wildman–Crippen LogP) is 3.77. The molecule has 2 atom stereocenters. The molecule has 0 saturated carbocycles. The SMILES string of the molecule is CN(c1ncccc1CNc1nc(Nc2ccc(C(=O)N3C[C@@H](F)[C@H](F)C3)cc2)ncc1C(F)(F)F)S(C)(=O)=O. The molecule has 0 radical (unpaired) electrons. The summed E-state index contributed by atoms with van der Waals surface area (Å²) >= 11 is 0. The maximum absolute atomic E-state index is 13.7. The first-order chi connectivity index (χ1) is 18.7. The highest BCUT2D eigenvalue weighted by molar-refractivity contribution is 7.92. The van der Waals surface area contributed by atoms with E-state index in [1.165, 1.54) is 49.6 Å². The molecule has 10 nitrogen and oxygen atoms in total. The number of alkyl halides is 5. The summed E-state index contributed by atoms with van der Waals surface area (Å²) in [4.78, 5) is 25.3. The van der Waals surface area contributed by atoms with Crippen LogP contribution in [0.25, 0.3) is 0 Å². The molecule has 0 spiro atoms. The largest absolute Gasteiger partial charge is 0.421 e. The molecule has 2 aromatic heterocycles. The van der Waals surface area contributed by atoms with E-state index < -0.39 is 45.8 Å². The number of halogens is 5. The summed E-state index contributed by atoms with van der Waals surface area (Å²) in [5, 5.41) is 5.33. The molecule has 0 aliphatic carbocycles. The highest BCUT2D eigenvalue weighted by Crippen LogP contribution is 2.34. The van der Waals surface area contributed by atoms with Crippen molar-refractivity contribution < 1.29 is 35.2 Å². The number of hydrogen-bond acceptors (Lipinski definition) is 8. The maximum Gasteiger partial charge on any atom is 0.421 e. The number of aromatic nitrogens is 3. The summed E-state index contributed by atoms with van der Waals surface area (Å²) in [7, 11) is -2.41. The van der Waals surface area contributed by atoms with Crippen molar-refractivity contribution in [2.45, 2.75) is 25.1 Å². The average molecular weight is 586 g/mol. The average Bonchev–Trinajstić information content (AvgIpc) is 3.24. The van der Waals surface area contributed by atoms with Crippen LogP contribution in [0.15, 0.2) is 48.8 Å². The fourth-order valence-electron chi connectivity index (χ4n) is 3.87. The van der Waals surface area contributed by atoms with Gasteiger partial charge < -0.3 is 15.5 Å². The Morgan fingerprint density at radius 2 is 1.75 bits per heavy atom. The van der Waals surface area contributed by atoms with Gasteiger partial charge in [-0.15, -0.1) is 0 Å². The normalized spacial score (nSPS) is 17.5. The standard InChI is InChI=1S/C24H24F5N7O3S/c1-35(40(2,38)39)21-15(4-3-9-30-21)10-31-20-17(24(27,28)29)11-32-23(34-20)33-16-7-5-14(6-8-16)22(37)36-12-18(25)19(26)13-36/h3-9,11,18-19H,10,12-13H2,1-2H3,(H2,31,32,33,34)/t18-,19-/m1/s1. The third-order valence-electron chi connectivity index (χ3n) is 6.06. The predicted molar refractivity (Wildman–Crippen MR) is 137 cm³/mol. The van der Waals surface area contributed by atoms with Crippen LogP contribution in [-0.4, -0.2) is 72.9 Å². The van der Waals surface area contributed by atoms with Crippen molar-refractivity contribution in [2.24, 2.45) is 0 Å². The van der Waals surface area contributed by atoms with Crippen LogP contribution in [0.5, 0.6) is 0 Å². The fraction of sp³-hybridized carbons (Fsp3) is 0.333. The van der Waals surface area contributed by atoms with Gasteiger partial charge in [0.1, 0.15) is 17.2 Å². The molecule has 0 unspecified atom stereocenters. The van der Waals surface area contributed by atoms with E-state index in [4.69, 9.17) is 0 Å². The molecule has 4 rings (SSSR count). The molecule has 1 saturated heterocycles. The Kier molecular flexibility index (Phi) is 8.09. The topological polar surface area (TPSA) is 120 Å². The Morgan fingerprint density at radius 3 is 2.35 bits per heavy atom. The molecule has 1 aromatic carbocycles. The van der Waals surface area contributed by atoms with Crippen molar-refractivity contribution in [3.05, 3.63) is 65.5 Å². The second kappa shape index (κ2) is 11.2. The van der Waals surface area contributed by atoms with E-state index >= 15 is 0 Å². The molecular formula is C24H24F5N7O3S. The van der Waals surface area contributed by atoms with Gasteiger partial charge in [0.05, 0.1) is 19.3 Å². The van der Waals surface area contributed by atoms with Crippen molar-refractivity contribution in [3.63, 3.8) is 0 Å². The highest BCUT2D eigenvalue weighted by Gasteiger charge is 2.36. The monoisotopic (exact) mass is 585 g/mol. The van der Waals surface area contributed by atoms with E-state index in [2.05, 4.69) is 25.6 Å². The highest BCUT2D eigenvalue weighted by atomic mass is 32.2. The van der Waals surface area contributed by atoms with E-state index in [1.807, 2.05) is 0 Å². The lowest BCUT2D eigenvalue weighted by molar-refractivity contribution is -0.137. The summed E-state index contributed by atoms with van der Waals surface area (Å²) < 4.78 is 92.7. The molecule has 40 heavy (non-hydrogen) atoms. The van der Waals surface area contributed by atoms with Crippen LogP contribution in [-0.2, 0) is 22.7 Å². The van der Waals surface area contributed by atoms with Gasteiger partial charge in [-0.3, -0.25) is 9.10 Å². The van der Waals surface area contributed by atoms with E-state index in [9.17, 15) is 35.2 Å². The second-order valence-corrected chi connectivity index (χ2v) is 11.0. The van der Waals surface area contributed by atoms with Crippen LogP contribution < -0.4 is 14.9 Å². The van der Waals surface area contributed by atoms with Gasteiger partial charge in [0, 0.05) is 42.8 Å². The minimum absolute atomic E-state index is 0.0334. The summed E-state index contributed by atoms with van der Waals surface area (Å²) in [5.74, 6) is -1.28. The van der Waals surface area contributed by atoms with Crippen molar-refractivity contribution in [3.8, 4) is 0 Å². The zero-order chi connectivity index (χ0) is 29.2. The molecule has 2 N–H and O–H groups in total. The molecule has 3 heterocycles. The molecule has 214 valence electrons. The lowest BCUT2D eigenvalue weighted by Crippen LogP contribution is -2.29. The minimum atomic E-state index is -4.79. The van der Waals surface area contributed by atoms with E-state index in [1.54, 1.807) is 0 Å². The lowest BCUT2D eigenvalue weighted by atomic mass is 10.2. The molecule has 16 heteroatoms. The molecule has 1 fully saturated rings. The number of benzene rings is 1. The van der Waals surface area contributed by atoms with Crippen LogP contribution in [0.1, 0.15) is 21.5 Å². The van der Waals surface area contributed by atoms with Gasteiger partial charge in [-0.2, -0.15) is 18.2 Å². The molecule has 1 aliphatic heterocycles. The van der Waals surface area contributed by atoms with Crippen LogP contribution in [0.4, 0.5) is 45.2 Å². The number of sulfonamides is 1. The lowest BCUT2D eigenvalue weighted by Gasteiger charge is -2.20. The number of pyridine rings is 1. The summed E-state index contributed by atoms with van der Waals surface area (Å²) in [5.41, 5.74) is -0.342. The first-order valence-electron chi connectivity index (χ1n) is 11.7. The Bertz CT molecular complexity index is 1480.